The van der Waals surface area contributed by atoms with Crippen molar-refractivity contribution in [3.05, 3.63) is 294 Å². The van der Waals surface area contributed by atoms with Gasteiger partial charge >= 0.3 is 0 Å². The van der Waals surface area contributed by atoms with Crippen LogP contribution in [0.4, 0.5) is 17.1 Å². The molecule has 12 rings (SSSR count). The third-order valence-electron chi connectivity index (χ3n) is 13.4. The molecule has 10 aromatic rings. The molecular weight excluding hydrogens is 759 g/mol. The van der Waals surface area contributed by atoms with Gasteiger partial charge < -0.3 is 4.90 Å². The number of fused-ring (bicyclic) bond motifs is 10. The van der Waals surface area contributed by atoms with Crippen LogP contribution in [0.15, 0.2) is 255 Å². The van der Waals surface area contributed by atoms with Crippen molar-refractivity contribution in [2.24, 2.45) is 0 Å². The van der Waals surface area contributed by atoms with Crippen LogP contribution in [0, 0.1) is 0 Å². The average Bonchev–Trinajstić information content (AvgIpc) is 3.83. The van der Waals surface area contributed by atoms with Crippen LogP contribution in [0.25, 0.3) is 44.5 Å². The van der Waals surface area contributed by atoms with Crippen LogP contribution in [0.2, 0.25) is 0 Å². The normalized spacial score (nSPS) is 12.7. The fraction of sp³-hybridized carbons (Fsp3) is 0.0323. The van der Waals surface area contributed by atoms with E-state index in [-0.39, 0.29) is 5.92 Å². The molecule has 1 spiro atoms. The van der Waals surface area contributed by atoms with Crippen molar-refractivity contribution in [1.29, 1.82) is 0 Å². The van der Waals surface area contributed by atoms with Gasteiger partial charge in [0.2, 0.25) is 0 Å². The number of hydrogen-bond donors (Lipinski definition) is 0. The minimum atomic E-state index is -0.465. The number of para-hydroxylation sites is 2. The summed E-state index contributed by atoms with van der Waals surface area (Å²) in [6, 6.07) is 93.9. The van der Waals surface area contributed by atoms with Gasteiger partial charge in [-0.2, -0.15) is 0 Å². The van der Waals surface area contributed by atoms with Crippen LogP contribution in [0.1, 0.15) is 44.9 Å². The van der Waals surface area contributed by atoms with Crippen molar-refractivity contribution in [2.45, 2.75) is 11.3 Å². The Labute approximate surface area is 369 Å². The van der Waals surface area contributed by atoms with Crippen LogP contribution in [0.3, 0.4) is 0 Å². The van der Waals surface area contributed by atoms with Crippen molar-refractivity contribution in [3.63, 3.8) is 0 Å². The van der Waals surface area contributed by atoms with Gasteiger partial charge in [0.1, 0.15) is 0 Å². The number of hydrogen-bond acceptors (Lipinski definition) is 1. The highest BCUT2D eigenvalue weighted by Crippen LogP contribution is 2.63. The average molecular weight is 802 g/mol. The summed E-state index contributed by atoms with van der Waals surface area (Å²) in [6.07, 6.45) is 0. The van der Waals surface area contributed by atoms with Crippen molar-refractivity contribution >= 4 is 17.1 Å². The molecule has 0 bridgehead atoms. The summed E-state index contributed by atoms with van der Waals surface area (Å²) in [5.74, 6) is 0.155. The summed E-state index contributed by atoms with van der Waals surface area (Å²) in [5, 5.41) is 0. The third kappa shape index (κ3) is 6.00. The van der Waals surface area contributed by atoms with E-state index in [1.807, 2.05) is 0 Å². The Morgan fingerprint density at radius 3 is 1.05 bits per heavy atom. The molecule has 10 aromatic carbocycles. The number of anilines is 3. The van der Waals surface area contributed by atoms with E-state index in [4.69, 9.17) is 0 Å². The van der Waals surface area contributed by atoms with Crippen molar-refractivity contribution in [1.82, 2.24) is 0 Å². The lowest BCUT2D eigenvalue weighted by Crippen LogP contribution is -2.26. The molecule has 0 fully saturated rings. The Kier molecular flexibility index (Phi) is 8.86. The van der Waals surface area contributed by atoms with Gasteiger partial charge in [-0.05, 0) is 132 Å². The van der Waals surface area contributed by atoms with Gasteiger partial charge in [0.05, 0.1) is 5.41 Å². The maximum absolute atomic E-state index is 2.49. The first-order valence-corrected chi connectivity index (χ1v) is 22.0. The van der Waals surface area contributed by atoms with E-state index in [1.54, 1.807) is 0 Å². The zero-order valence-corrected chi connectivity index (χ0v) is 34.8. The summed E-state index contributed by atoms with van der Waals surface area (Å²) < 4.78 is 0. The molecule has 1 heteroatoms. The lowest BCUT2D eigenvalue weighted by atomic mass is 9.70. The Bertz CT molecular complexity index is 2940. The molecule has 2 aliphatic carbocycles. The maximum Gasteiger partial charge on any atom is 0.0725 e. The van der Waals surface area contributed by atoms with Crippen LogP contribution in [0.5, 0.6) is 0 Å². The second-order valence-corrected chi connectivity index (χ2v) is 16.8. The lowest BCUT2D eigenvalue weighted by molar-refractivity contribution is 0.794. The zero-order valence-electron chi connectivity index (χ0n) is 34.8. The van der Waals surface area contributed by atoms with Gasteiger partial charge in [0, 0.05) is 23.0 Å². The molecule has 0 amide bonds. The van der Waals surface area contributed by atoms with Crippen LogP contribution in [-0.4, -0.2) is 0 Å². The van der Waals surface area contributed by atoms with Crippen molar-refractivity contribution in [3.8, 4) is 44.5 Å². The molecule has 1 nitrogen and oxygen atoms in total. The molecule has 0 aromatic heterocycles. The molecule has 0 aliphatic heterocycles. The first kappa shape index (κ1) is 36.8. The molecule has 63 heavy (non-hydrogen) atoms. The molecule has 0 heterocycles. The minimum Gasteiger partial charge on any atom is -0.311 e. The van der Waals surface area contributed by atoms with Gasteiger partial charge in [-0.3, -0.25) is 0 Å². The molecular formula is C62H43N. The molecule has 0 radical (unpaired) electrons. The first-order chi connectivity index (χ1) is 31.3. The number of nitrogens with zero attached hydrogens (tertiary/aromatic N) is 1. The van der Waals surface area contributed by atoms with Gasteiger partial charge in [0.15, 0.2) is 0 Å². The van der Waals surface area contributed by atoms with Gasteiger partial charge in [0.25, 0.3) is 0 Å². The Hall–Kier alpha value is -8.00. The Morgan fingerprint density at radius 2 is 0.587 bits per heavy atom. The molecule has 296 valence electrons. The third-order valence-corrected chi connectivity index (χ3v) is 13.4. The van der Waals surface area contributed by atoms with E-state index in [1.165, 1.54) is 83.5 Å². The highest BCUT2D eigenvalue weighted by Gasteiger charge is 2.51. The largest absolute Gasteiger partial charge is 0.311 e. The monoisotopic (exact) mass is 801 g/mol. The summed E-state index contributed by atoms with van der Waals surface area (Å²) in [6.45, 7) is 0. The van der Waals surface area contributed by atoms with Crippen molar-refractivity contribution in [2.75, 3.05) is 4.90 Å². The van der Waals surface area contributed by atoms with Gasteiger partial charge in [-0.1, -0.05) is 206 Å². The summed E-state index contributed by atoms with van der Waals surface area (Å²) in [4.78, 5) is 2.32. The van der Waals surface area contributed by atoms with E-state index in [0.29, 0.717) is 0 Å². The van der Waals surface area contributed by atoms with E-state index in [0.717, 1.165) is 17.1 Å². The van der Waals surface area contributed by atoms with E-state index >= 15 is 0 Å². The van der Waals surface area contributed by atoms with Gasteiger partial charge in [-0.15, -0.1) is 0 Å². The Balaban J connectivity index is 0.976. The predicted octanol–water partition coefficient (Wildman–Crippen LogP) is 16.0. The second-order valence-electron chi connectivity index (χ2n) is 16.8. The van der Waals surface area contributed by atoms with Crippen LogP contribution in [-0.2, 0) is 5.41 Å². The van der Waals surface area contributed by atoms with E-state index < -0.39 is 5.41 Å². The molecule has 0 atom stereocenters. The summed E-state index contributed by atoms with van der Waals surface area (Å²) in [5.41, 5.74) is 22.2. The first-order valence-electron chi connectivity index (χ1n) is 22.0. The lowest BCUT2D eigenvalue weighted by Gasteiger charge is -2.31. The SMILES string of the molecule is c1ccc(C(c2ccccc2)c2ccc(-c3ccc4c(c3)C3(c5ccccc5-c5ccccc53)c3cc(-c5ccc(N(c6ccccc6)c6ccccc6)cc5)ccc3-4)cc2)cc1. The minimum absolute atomic E-state index is 0.155. The molecule has 0 saturated heterocycles. The second kappa shape index (κ2) is 15.2. The van der Waals surface area contributed by atoms with E-state index in [9.17, 15) is 0 Å². The molecule has 0 N–H and O–H groups in total. The summed E-state index contributed by atoms with van der Waals surface area (Å²) in [7, 11) is 0. The summed E-state index contributed by atoms with van der Waals surface area (Å²) >= 11 is 0. The van der Waals surface area contributed by atoms with Crippen LogP contribution >= 0.6 is 0 Å². The molecule has 0 saturated carbocycles. The maximum atomic E-state index is 2.49. The topological polar surface area (TPSA) is 3.24 Å². The smallest absolute Gasteiger partial charge is 0.0725 e. The predicted molar refractivity (Wildman–Crippen MR) is 262 cm³/mol. The van der Waals surface area contributed by atoms with Gasteiger partial charge in [-0.25, -0.2) is 0 Å². The quantitative estimate of drug-likeness (QED) is 0.138. The van der Waals surface area contributed by atoms with E-state index in [2.05, 4.69) is 260 Å². The molecule has 0 unspecified atom stereocenters. The molecule has 2 aliphatic rings. The number of rotatable bonds is 8. The fourth-order valence-corrected chi connectivity index (χ4v) is 10.6. The zero-order chi connectivity index (χ0) is 41.7. The number of benzene rings is 10. The van der Waals surface area contributed by atoms with Crippen LogP contribution < -0.4 is 4.90 Å². The highest BCUT2D eigenvalue weighted by molar-refractivity contribution is 5.97. The standard InChI is InChI=1S/C62H43N/c1-5-17-45(18-6-1)61(46-19-7-2-8-20-46)47-31-29-43(30-32-47)48-35-39-55-56-40-36-49(44-33-37-52(38-34-44)63(50-21-9-3-10-22-50)51-23-11-4-12-24-51)42-60(56)62(59(55)41-48)57-27-15-13-25-53(57)54-26-14-16-28-58(54)62/h1-42,61H. The Morgan fingerprint density at radius 1 is 0.254 bits per heavy atom. The van der Waals surface area contributed by atoms with Crippen molar-refractivity contribution < 1.29 is 0 Å². The highest BCUT2D eigenvalue weighted by atomic mass is 15.1. The fourth-order valence-electron chi connectivity index (χ4n) is 10.6.